The Morgan fingerprint density at radius 3 is 2.33 bits per heavy atom. The molecule has 1 amide bonds. The van der Waals surface area contributed by atoms with E-state index < -0.39 is 11.5 Å². The molecule has 0 aliphatic heterocycles. The van der Waals surface area contributed by atoms with Crippen molar-refractivity contribution in [3.8, 4) is 0 Å². The molecule has 0 aromatic carbocycles. The van der Waals surface area contributed by atoms with Gasteiger partial charge in [0.2, 0.25) is 5.91 Å². The Hall–Kier alpha value is -0.570. The highest BCUT2D eigenvalue weighted by Gasteiger charge is 2.67. The fourth-order valence-corrected chi connectivity index (χ4v) is 3.85. The molecule has 3 heteroatoms. The van der Waals surface area contributed by atoms with Crippen LogP contribution in [0.3, 0.4) is 0 Å². The molecule has 2 aliphatic rings. The number of carbonyl (C=O) groups is 1. The highest BCUT2D eigenvalue weighted by molar-refractivity contribution is 5.85. The van der Waals surface area contributed by atoms with Gasteiger partial charge in [-0.05, 0) is 30.6 Å². The Bertz CT molecular complexity index is 298. The molecule has 0 unspecified atom stereocenters. The lowest BCUT2D eigenvalue weighted by Crippen LogP contribution is -2.50. The molecule has 2 saturated carbocycles. The lowest BCUT2D eigenvalue weighted by atomic mass is 9.67. The molecule has 0 heterocycles. The average molecular weight is 211 g/mol. The SMILES string of the molecule is CN(C)C(=O)[C@]12CC[C@H](C[C@@H]1O)C2(C)C. The summed E-state index contributed by atoms with van der Waals surface area (Å²) in [5.74, 6) is 0.622. The molecule has 2 aliphatic carbocycles. The summed E-state index contributed by atoms with van der Waals surface area (Å²) in [5, 5.41) is 10.2. The van der Waals surface area contributed by atoms with Gasteiger partial charge in [0.1, 0.15) is 0 Å². The van der Waals surface area contributed by atoms with Gasteiger partial charge in [0.25, 0.3) is 0 Å². The summed E-state index contributed by atoms with van der Waals surface area (Å²) < 4.78 is 0. The predicted octanol–water partition coefficient (Wildman–Crippen LogP) is 1.26. The van der Waals surface area contributed by atoms with E-state index in [1.54, 1.807) is 19.0 Å². The van der Waals surface area contributed by atoms with Crippen molar-refractivity contribution in [3.05, 3.63) is 0 Å². The van der Waals surface area contributed by atoms with E-state index in [4.69, 9.17) is 0 Å². The van der Waals surface area contributed by atoms with E-state index in [9.17, 15) is 9.90 Å². The van der Waals surface area contributed by atoms with E-state index in [2.05, 4.69) is 13.8 Å². The van der Waals surface area contributed by atoms with E-state index in [1.807, 2.05) is 0 Å². The van der Waals surface area contributed by atoms with Gasteiger partial charge in [-0.15, -0.1) is 0 Å². The zero-order valence-corrected chi connectivity index (χ0v) is 10.1. The maximum atomic E-state index is 12.3. The molecule has 0 aromatic rings. The van der Waals surface area contributed by atoms with Crippen molar-refractivity contribution in [1.82, 2.24) is 4.90 Å². The van der Waals surface area contributed by atoms with Gasteiger partial charge in [-0.2, -0.15) is 0 Å². The second-order valence-corrected chi connectivity index (χ2v) is 5.88. The molecule has 0 radical (unpaired) electrons. The molecule has 15 heavy (non-hydrogen) atoms. The van der Waals surface area contributed by atoms with Crippen LogP contribution in [0.15, 0.2) is 0 Å². The first-order valence-corrected chi connectivity index (χ1v) is 5.74. The minimum Gasteiger partial charge on any atom is -0.392 e. The summed E-state index contributed by atoms with van der Waals surface area (Å²) in [4.78, 5) is 14.0. The van der Waals surface area contributed by atoms with Gasteiger partial charge in [0.05, 0.1) is 11.5 Å². The van der Waals surface area contributed by atoms with Crippen LogP contribution < -0.4 is 0 Å². The highest BCUT2D eigenvalue weighted by Crippen LogP contribution is 2.66. The van der Waals surface area contributed by atoms with E-state index in [-0.39, 0.29) is 11.3 Å². The Balaban J connectivity index is 2.44. The maximum Gasteiger partial charge on any atom is 0.231 e. The lowest BCUT2D eigenvalue weighted by Gasteiger charge is -2.40. The number of fused-ring (bicyclic) bond motifs is 2. The molecule has 3 atom stereocenters. The van der Waals surface area contributed by atoms with Crippen molar-refractivity contribution in [2.75, 3.05) is 14.1 Å². The maximum absolute atomic E-state index is 12.3. The van der Waals surface area contributed by atoms with E-state index in [1.165, 1.54) is 0 Å². The number of hydrogen-bond donors (Lipinski definition) is 1. The summed E-state index contributed by atoms with van der Waals surface area (Å²) in [6.45, 7) is 4.28. The van der Waals surface area contributed by atoms with E-state index in [0.717, 1.165) is 19.3 Å². The Morgan fingerprint density at radius 2 is 2.00 bits per heavy atom. The normalized spacial score (nSPS) is 41.9. The third-order valence-corrected chi connectivity index (χ3v) is 4.92. The first-order valence-electron chi connectivity index (χ1n) is 5.74. The topological polar surface area (TPSA) is 40.5 Å². The largest absolute Gasteiger partial charge is 0.392 e. The van der Waals surface area contributed by atoms with Gasteiger partial charge >= 0.3 is 0 Å². The number of carbonyl (C=O) groups excluding carboxylic acids is 1. The molecule has 0 spiro atoms. The fraction of sp³-hybridized carbons (Fsp3) is 0.917. The summed E-state index contributed by atoms with van der Waals surface area (Å²) >= 11 is 0. The predicted molar refractivity (Wildman–Crippen MR) is 58.3 cm³/mol. The molecule has 0 saturated heterocycles. The van der Waals surface area contributed by atoms with Crippen LogP contribution in [-0.2, 0) is 4.79 Å². The number of amides is 1. The van der Waals surface area contributed by atoms with Gasteiger partial charge in [0, 0.05) is 14.1 Å². The zero-order chi connectivity index (χ0) is 11.4. The van der Waals surface area contributed by atoms with Crippen LogP contribution in [0.25, 0.3) is 0 Å². The van der Waals surface area contributed by atoms with Crippen molar-refractivity contribution in [2.45, 2.75) is 39.2 Å². The number of hydrogen-bond acceptors (Lipinski definition) is 2. The van der Waals surface area contributed by atoms with Gasteiger partial charge in [-0.3, -0.25) is 4.79 Å². The fourth-order valence-electron chi connectivity index (χ4n) is 3.85. The molecular weight excluding hydrogens is 190 g/mol. The quantitative estimate of drug-likeness (QED) is 0.709. The van der Waals surface area contributed by atoms with Crippen molar-refractivity contribution in [3.63, 3.8) is 0 Å². The molecule has 1 N–H and O–H groups in total. The van der Waals surface area contributed by atoms with Crippen LogP contribution in [-0.4, -0.2) is 36.1 Å². The Labute approximate surface area is 91.5 Å². The Kier molecular flexibility index (Phi) is 2.16. The summed E-state index contributed by atoms with van der Waals surface area (Å²) in [5.41, 5.74) is -0.561. The van der Waals surface area contributed by atoms with Crippen LogP contribution in [0.5, 0.6) is 0 Å². The van der Waals surface area contributed by atoms with Crippen molar-refractivity contribution in [1.29, 1.82) is 0 Å². The summed E-state index contributed by atoms with van der Waals surface area (Å²) in [6.07, 6.45) is 2.29. The van der Waals surface area contributed by atoms with Crippen LogP contribution in [0.1, 0.15) is 33.1 Å². The number of aliphatic hydroxyl groups is 1. The second kappa shape index (κ2) is 2.97. The minimum atomic E-state index is -0.513. The monoisotopic (exact) mass is 211 g/mol. The molecule has 2 fully saturated rings. The smallest absolute Gasteiger partial charge is 0.231 e. The first-order chi connectivity index (χ1) is 6.84. The van der Waals surface area contributed by atoms with Crippen molar-refractivity contribution in [2.24, 2.45) is 16.7 Å². The molecular formula is C12H21NO2. The molecule has 3 nitrogen and oxygen atoms in total. The summed E-state index contributed by atoms with van der Waals surface area (Å²) in [6, 6.07) is 0. The number of aliphatic hydroxyl groups excluding tert-OH is 1. The number of rotatable bonds is 1. The van der Waals surface area contributed by atoms with Crippen LogP contribution >= 0.6 is 0 Å². The van der Waals surface area contributed by atoms with Crippen molar-refractivity contribution < 1.29 is 9.90 Å². The van der Waals surface area contributed by atoms with Crippen LogP contribution in [0.2, 0.25) is 0 Å². The van der Waals surface area contributed by atoms with Crippen LogP contribution in [0, 0.1) is 16.7 Å². The van der Waals surface area contributed by atoms with E-state index in [0.29, 0.717) is 5.92 Å². The third kappa shape index (κ3) is 1.07. The standard InChI is InChI=1S/C12H21NO2/c1-11(2)8-5-6-12(11,9(14)7-8)10(15)13(3)4/h8-9,14H,5-7H2,1-4H3/t8-,9+,12+/m1/s1. The van der Waals surface area contributed by atoms with E-state index >= 15 is 0 Å². The van der Waals surface area contributed by atoms with Crippen LogP contribution in [0.4, 0.5) is 0 Å². The molecule has 2 rings (SSSR count). The number of nitrogens with zero attached hydrogens (tertiary/aromatic N) is 1. The second-order valence-electron chi connectivity index (χ2n) is 5.88. The third-order valence-electron chi connectivity index (χ3n) is 4.92. The first kappa shape index (κ1) is 10.9. The minimum absolute atomic E-state index is 0.0478. The molecule has 2 bridgehead atoms. The Morgan fingerprint density at radius 1 is 1.40 bits per heavy atom. The molecule has 0 aromatic heterocycles. The van der Waals surface area contributed by atoms with Gasteiger partial charge in [0.15, 0.2) is 0 Å². The average Bonchev–Trinajstić information content (AvgIpc) is 2.49. The van der Waals surface area contributed by atoms with Gasteiger partial charge in [-0.25, -0.2) is 0 Å². The molecule has 86 valence electrons. The van der Waals surface area contributed by atoms with Crippen molar-refractivity contribution >= 4 is 5.91 Å². The summed E-state index contributed by atoms with van der Waals surface area (Å²) in [7, 11) is 3.57. The lowest BCUT2D eigenvalue weighted by molar-refractivity contribution is -0.151. The van der Waals surface area contributed by atoms with Gasteiger partial charge in [-0.1, -0.05) is 13.8 Å². The zero-order valence-electron chi connectivity index (χ0n) is 10.1. The highest BCUT2D eigenvalue weighted by atomic mass is 16.3. The van der Waals surface area contributed by atoms with Gasteiger partial charge < -0.3 is 10.0 Å².